The molecule has 4 fully saturated rings. The molecule has 0 aromatic heterocycles. The molecule has 0 aromatic rings. The fourth-order valence-electron chi connectivity index (χ4n) is 11.4. The van der Waals surface area contributed by atoms with Crippen molar-refractivity contribution in [3.05, 3.63) is 0 Å². The summed E-state index contributed by atoms with van der Waals surface area (Å²) >= 11 is 0. The van der Waals surface area contributed by atoms with Crippen LogP contribution in [-0.4, -0.2) is 68.1 Å². The van der Waals surface area contributed by atoms with Gasteiger partial charge in [-0.05, 0) is 157 Å². The molecule has 4 aliphatic rings. The van der Waals surface area contributed by atoms with Gasteiger partial charge in [-0.15, -0.1) is 0 Å². The van der Waals surface area contributed by atoms with Crippen LogP contribution in [0.1, 0.15) is 138 Å². The van der Waals surface area contributed by atoms with E-state index in [1.54, 1.807) is 0 Å². The highest BCUT2D eigenvalue weighted by Crippen LogP contribution is 2.69. The summed E-state index contributed by atoms with van der Waals surface area (Å²) in [7, 11) is 0. The van der Waals surface area contributed by atoms with Crippen molar-refractivity contribution in [1.82, 2.24) is 16.0 Å². The van der Waals surface area contributed by atoms with Crippen molar-refractivity contribution in [3.63, 3.8) is 0 Å². The summed E-state index contributed by atoms with van der Waals surface area (Å²) in [6.45, 7) is 22.1. The maximum absolute atomic E-state index is 12.8. The number of unbranched alkanes of at least 4 members (excludes halogenated alkanes) is 1. The van der Waals surface area contributed by atoms with Gasteiger partial charge in [0.15, 0.2) is 0 Å². The van der Waals surface area contributed by atoms with Crippen molar-refractivity contribution in [2.45, 2.75) is 156 Å². The molecule has 7 nitrogen and oxygen atoms in total. The van der Waals surface area contributed by atoms with Crippen LogP contribution in [0.25, 0.3) is 0 Å². The van der Waals surface area contributed by atoms with E-state index in [9.17, 15) is 9.90 Å². The number of esters is 1. The van der Waals surface area contributed by atoms with E-state index in [2.05, 4.69) is 57.5 Å². The van der Waals surface area contributed by atoms with Crippen molar-refractivity contribution in [2.24, 2.45) is 58.0 Å². The van der Waals surface area contributed by atoms with Gasteiger partial charge in [0, 0.05) is 24.8 Å². The normalized spacial score (nSPS) is 38.0. The molecule has 6 N–H and O–H groups in total. The van der Waals surface area contributed by atoms with E-state index in [-0.39, 0.29) is 23.5 Å². The zero-order valence-corrected chi connectivity index (χ0v) is 31.7. The number of aliphatic hydroxyl groups is 1. The van der Waals surface area contributed by atoms with Crippen LogP contribution in [0.4, 0.5) is 0 Å². The first-order valence-electron chi connectivity index (χ1n) is 20.1. The minimum atomic E-state index is -0.858. The van der Waals surface area contributed by atoms with Gasteiger partial charge in [0.1, 0.15) is 6.10 Å². The van der Waals surface area contributed by atoms with Crippen molar-refractivity contribution in [2.75, 3.05) is 39.3 Å². The molecule has 0 unspecified atom stereocenters. The van der Waals surface area contributed by atoms with Gasteiger partial charge < -0.3 is 31.5 Å². The molecule has 0 aliphatic heterocycles. The fraction of sp³-hybridized carbons (Fsp3) is 0.975. The highest BCUT2D eigenvalue weighted by molar-refractivity contribution is 5.66. The minimum absolute atomic E-state index is 0.0393. The van der Waals surface area contributed by atoms with Crippen LogP contribution in [-0.2, 0) is 9.53 Å². The van der Waals surface area contributed by atoms with E-state index in [0.29, 0.717) is 23.7 Å². The third kappa shape index (κ3) is 8.96. The van der Waals surface area contributed by atoms with Crippen molar-refractivity contribution >= 4 is 5.97 Å². The first kappa shape index (κ1) is 39.1. The van der Waals surface area contributed by atoms with Gasteiger partial charge in [-0.1, -0.05) is 54.4 Å². The van der Waals surface area contributed by atoms with E-state index in [1.807, 2.05) is 0 Å². The number of fused-ring (bicyclic) bond motifs is 5. The van der Waals surface area contributed by atoms with Gasteiger partial charge >= 0.3 is 5.97 Å². The summed E-state index contributed by atoms with van der Waals surface area (Å²) < 4.78 is 5.79. The minimum Gasteiger partial charge on any atom is -0.462 e. The molecule has 0 radical (unpaired) electrons. The highest BCUT2D eigenvalue weighted by Gasteiger charge is 2.67. The molecule has 7 heteroatoms. The number of rotatable bonds is 19. The molecule has 0 aromatic carbocycles. The summed E-state index contributed by atoms with van der Waals surface area (Å²) in [5, 5.41) is 23.9. The smallest absolute Gasteiger partial charge is 0.302 e. The van der Waals surface area contributed by atoms with Gasteiger partial charge in [-0.3, -0.25) is 4.79 Å². The van der Waals surface area contributed by atoms with Crippen LogP contribution in [0.15, 0.2) is 0 Å². The Balaban J connectivity index is 1.40. The lowest BCUT2D eigenvalue weighted by molar-refractivity contribution is -0.237. The molecular formula is C40H76N4O3. The molecule has 0 amide bonds. The highest BCUT2D eigenvalue weighted by atomic mass is 16.5. The van der Waals surface area contributed by atoms with Crippen molar-refractivity contribution < 1.29 is 14.6 Å². The lowest BCUT2D eigenvalue weighted by Gasteiger charge is -2.66. The standard InChI is InChI=1S/C40H76N4O3/c1-28(2)29(3)12-13-30(4)34-14-15-35-33-26-37(44-25-11-24-43-22-9-8-21-42-23-10-20-41)40(46)27-32(47-31(5)45)16-19-39(40,7)36(33)17-18-38(34,35)6/h28-30,32-37,42-44,46H,8-27,41H2,1-7H3/t29-,30-,32+,33+,34-,35+,36+,37-,38-,39-,40+/m1/s1. The monoisotopic (exact) mass is 661 g/mol. The van der Waals surface area contributed by atoms with Gasteiger partial charge in [0.25, 0.3) is 0 Å². The van der Waals surface area contributed by atoms with Crippen LogP contribution >= 0.6 is 0 Å². The van der Waals surface area contributed by atoms with Crippen molar-refractivity contribution in [1.29, 1.82) is 0 Å². The Hall–Kier alpha value is -0.730. The Kier molecular flexibility index (Phi) is 14.5. The molecule has 4 saturated carbocycles. The van der Waals surface area contributed by atoms with Crippen molar-refractivity contribution in [3.8, 4) is 0 Å². The average molecular weight is 661 g/mol. The van der Waals surface area contributed by atoms with Gasteiger partial charge in [-0.25, -0.2) is 0 Å². The molecule has 4 rings (SSSR count). The van der Waals surface area contributed by atoms with Gasteiger partial charge in [-0.2, -0.15) is 0 Å². The number of ether oxygens (including phenoxy) is 1. The predicted molar refractivity (Wildman–Crippen MR) is 195 cm³/mol. The molecule has 0 spiro atoms. The maximum Gasteiger partial charge on any atom is 0.302 e. The molecule has 274 valence electrons. The number of nitrogens with two attached hydrogens (primary N) is 1. The van der Waals surface area contributed by atoms with Crippen LogP contribution in [0, 0.1) is 52.3 Å². The predicted octanol–water partition coefficient (Wildman–Crippen LogP) is 6.67. The second-order valence-electron chi connectivity index (χ2n) is 17.6. The van der Waals surface area contributed by atoms with E-state index in [1.165, 1.54) is 58.3 Å². The summed E-state index contributed by atoms with van der Waals surface area (Å²) in [4.78, 5) is 12.0. The summed E-state index contributed by atoms with van der Waals surface area (Å²) in [5.74, 6) is 4.90. The number of hydrogen-bond donors (Lipinski definition) is 5. The lowest BCUT2D eigenvalue weighted by atomic mass is 9.42. The Morgan fingerprint density at radius 3 is 2.21 bits per heavy atom. The maximum atomic E-state index is 12.8. The number of carbonyl (C=O) groups excluding carboxylic acids is 1. The topological polar surface area (TPSA) is 109 Å². The quantitative estimate of drug-likeness (QED) is 0.0778. The molecule has 4 aliphatic carbocycles. The molecule has 0 saturated heterocycles. The Bertz CT molecular complexity index is 964. The Morgan fingerprint density at radius 1 is 0.872 bits per heavy atom. The van der Waals surface area contributed by atoms with Crippen LogP contribution in [0.3, 0.4) is 0 Å². The van der Waals surface area contributed by atoms with E-state index >= 15 is 0 Å². The zero-order valence-electron chi connectivity index (χ0n) is 31.7. The summed E-state index contributed by atoms with van der Waals surface area (Å²) in [6.07, 6.45) is 15.7. The first-order chi connectivity index (χ1) is 22.4. The lowest BCUT2D eigenvalue weighted by Crippen LogP contribution is -2.71. The van der Waals surface area contributed by atoms with E-state index in [0.717, 1.165) is 101 Å². The van der Waals surface area contributed by atoms with Gasteiger partial charge in [0.05, 0.1) is 5.60 Å². The number of nitrogens with one attached hydrogen (secondary N) is 3. The first-order valence-corrected chi connectivity index (χ1v) is 20.1. The second-order valence-corrected chi connectivity index (χ2v) is 17.6. The molecule has 0 heterocycles. The molecule has 11 atom stereocenters. The number of carbonyl (C=O) groups is 1. The Labute approximate surface area is 289 Å². The van der Waals surface area contributed by atoms with Crippen LogP contribution in [0.5, 0.6) is 0 Å². The fourth-order valence-corrected chi connectivity index (χ4v) is 11.4. The second kappa shape index (κ2) is 17.5. The third-order valence-corrected chi connectivity index (χ3v) is 14.6. The van der Waals surface area contributed by atoms with Crippen LogP contribution in [0.2, 0.25) is 0 Å². The molecule has 47 heavy (non-hydrogen) atoms. The molecular weight excluding hydrogens is 584 g/mol. The van der Waals surface area contributed by atoms with E-state index < -0.39 is 5.60 Å². The van der Waals surface area contributed by atoms with Gasteiger partial charge in [0.2, 0.25) is 0 Å². The largest absolute Gasteiger partial charge is 0.462 e. The average Bonchev–Trinajstić information content (AvgIpc) is 3.38. The van der Waals surface area contributed by atoms with Crippen LogP contribution < -0.4 is 21.7 Å². The zero-order chi connectivity index (χ0) is 34.2. The SMILES string of the molecule is CC(=O)O[C@H]1CC[C@]2(C)[C@H]3CC[C@]4(C)[C@@H]([C@H](C)CC[C@@H](C)C(C)C)CC[C@H]4[C@@H]3C[C@@H](NCCCNCCCCNCCCN)[C@@]2(O)C1. The molecule has 0 bridgehead atoms. The summed E-state index contributed by atoms with van der Waals surface area (Å²) in [6, 6.07) is 0.0393. The Morgan fingerprint density at radius 2 is 1.55 bits per heavy atom. The summed E-state index contributed by atoms with van der Waals surface area (Å²) in [5.41, 5.74) is 4.97. The number of hydrogen-bond acceptors (Lipinski definition) is 7. The third-order valence-electron chi connectivity index (χ3n) is 14.6. The van der Waals surface area contributed by atoms with E-state index in [4.69, 9.17) is 10.5 Å².